The first-order valence-corrected chi connectivity index (χ1v) is 12.1. The summed E-state index contributed by atoms with van der Waals surface area (Å²) in [5.41, 5.74) is 2.21. The zero-order valence-electron chi connectivity index (χ0n) is 17.5. The number of anilines is 1. The van der Waals surface area contributed by atoms with E-state index in [4.69, 9.17) is 11.6 Å². The molecule has 2 heterocycles. The smallest absolute Gasteiger partial charge is 0.253 e. The summed E-state index contributed by atoms with van der Waals surface area (Å²) in [5.74, 6) is 0.227. The molecule has 0 saturated carbocycles. The summed E-state index contributed by atoms with van der Waals surface area (Å²) < 4.78 is 1.74. The zero-order valence-corrected chi connectivity index (χ0v) is 19.9. The molecule has 0 fully saturated rings. The van der Waals surface area contributed by atoms with Crippen molar-refractivity contribution in [2.45, 2.75) is 11.7 Å². The number of carbonyl (C=O) groups is 2. The third kappa shape index (κ3) is 5.78. The number of thioether (sulfide) groups is 1. The SMILES string of the molecule is Cn1c(CNC(=O)c2ccccc2Cl)nnc1SCC(=O)Nc1nc(-c2ccccc2)cs1. The summed E-state index contributed by atoms with van der Waals surface area (Å²) in [6.07, 6.45) is 0. The van der Waals surface area contributed by atoms with E-state index in [1.165, 1.54) is 23.1 Å². The summed E-state index contributed by atoms with van der Waals surface area (Å²) in [6, 6.07) is 16.6. The zero-order chi connectivity index (χ0) is 23.2. The first-order valence-electron chi connectivity index (χ1n) is 9.86. The van der Waals surface area contributed by atoms with Crippen LogP contribution in [0.4, 0.5) is 5.13 Å². The minimum absolute atomic E-state index is 0.151. The molecule has 2 amide bonds. The van der Waals surface area contributed by atoms with Gasteiger partial charge in [0.15, 0.2) is 16.1 Å². The van der Waals surface area contributed by atoms with Gasteiger partial charge in [0.2, 0.25) is 5.91 Å². The van der Waals surface area contributed by atoms with E-state index in [1.54, 1.807) is 35.9 Å². The quantitative estimate of drug-likeness (QED) is 0.352. The van der Waals surface area contributed by atoms with Gasteiger partial charge in [-0.15, -0.1) is 21.5 Å². The Balaban J connectivity index is 1.29. The lowest BCUT2D eigenvalue weighted by atomic mass is 10.2. The van der Waals surface area contributed by atoms with Gasteiger partial charge in [0, 0.05) is 18.0 Å². The lowest BCUT2D eigenvalue weighted by Crippen LogP contribution is -2.24. The maximum atomic E-state index is 12.4. The normalized spacial score (nSPS) is 10.7. The summed E-state index contributed by atoms with van der Waals surface area (Å²) in [4.78, 5) is 29.1. The summed E-state index contributed by atoms with van der Waals surface area (Å²) >= 11 is 8.69. The standard InChI is InChI=1S/C22H19ClN6O2S2/c1-29-18(11-24-20(31)15-9-5-6-10-16(15)23)27-28-22(29)33-13-19(30)26-21-25-17(12-32-21)14-7-3-2-4-8-14/h2-10,12H,11,13H2,1H3,(H,24,31)(H,25,26,30). The van der Waals surface area contributed by atoms with Crippen LogP contribution in [0.2, 0.25) is 5.02 Å². The Labute approximate surface area is 203 Å². The van der Waals surface area contributed by atoms with Crippen LogP contribution in [0.25, 0.3) is 11.3 Å². The average Bonchev–Trinajstić information content (AvgIpc) is 3.43. The number of amides is 2. The Morgan fingerprint density at radius 2 is 1.85 bits per heavy atom. The highest BCUT2D eigenvalue weighted by Gasteiger charge is 2.15. The van der Waals surface area contributed by atoms with Crippen LogP contribution in [-0.2, 0) is 18.4 Å². The van der Waals surface area contributed by atoms with Crippen LogP contribution < -0.4 is 10.6 Å². The van der Waals surface area contributed by atoms with E-state index < -0.39 is 0 Å². The molecule has 0 bridgehead atoms. The van der Waals surface area contributed by atoms with Crippen molar-refractivity contribution in [1.82, 2.24) is 25.1 Å². The molecule has 0 aliphatic carbocycles. The van der Waals surface area contributed by atoms with Crippen molar-refractivity contribution in [2.24, 2.45) is 7.05 Å². The number of rotatable bonds is 8. The number of nitrogens with zero attached hydrogens (tertiary/aromatic N) is 4. The van der Waals surface area contributed by atoms with Gasteiger partial charge in [-0.3, -0.25) is 9.59 Å². The van der Waals surface area contributed by atoms with Gasteiger partial charge in [0.25, 0.3) is 5.91 Å². The number of halogens is 1. The van der Waals surface area contributed by atoms with Gasteiger partial charge in [-0.1, -0.05) is 65.8 Å². The second kappa shape index (κ2) is 10.6. The fraction of sp³-hybridized carbons (Fsp3) is 0.136. The Kier molecular flexibility index (Phi) is 7.38. The number of hydrogen-bond donors (Lipinski definition) is 2. The molecule has 4 aromatic rings. The van der Waals surface area contributed by atoms with Crippen molar-refractivity contribution in [2.75, 3.05) is 11.1 Å². The van der Waals surface area contributed by atoms with Crippen LogP contribution in [0, 0.1) is 0 Å². The molecular weight excluding hydrogens is 480 g/mol. The highest BCUT2D eigenvalue weighted by Crippen LogP contribution is 2.25. The molecule has 2 aromatic carbocycles. The van der Waals surface area contributed by atoms with Gasteiger partial charge in [0.05, 0.1) is 28.6 Å². The first kappa shape index (κ1) is 23.0. The molecule has 0 spiro atoms. The highest BCUT2D eigenvalue weighted by atomic mass is 35.5. The predicted octanol–water partition coefficient (Wildman–Crippen LogP) is 4.25. The van der Waals surface area contributed by atoms with Crippen molar-refractivity contribution in [3.63, 3.8) is 0 Å². The van der Waals surface area contributed by atoms with Crippen LogP contribution >= 0.6 is 34.7 Å². The minimum atomic E-state index is -0.296. The molecule has 0 aliphatic rings. The molecule has 0 aliphatic heterocycles. The Bertz CT molecular complexity index is 1270. The van der Waals surface area contributed by atoms with E-state index >= 15 is 0 Å². The molecule has 33 heavy (non-hydrogen) atoms. The Hall–Kier alpha value is -3.21. The Morgan fingerprint density at radius 1 is 1.09 bits per heavy atom. The molecule has 2 N–H and O–H groups in total. The second-order valence-corrected chi connectivity index (χ2v) is 9.07. The number of aromatic nitrogens is 4. The van der Waals surface area contributed by atoms with Gasteiger partial charge >= 0.3 is 0 Å². The number of hydrogen-bond acceptors (Lipinski definition) is 7. The van der Waals surface area contributed by atoms with E-state index in [2.05, 4.69) is 25.8 Å². The molecule has 11 heteroatoms. The highest BCUT2D eigenvalue weighted by molar-refractivity contribution is 7.99. The van der Waals surface area contributed by atoms with Crippen LogP contribution in [0.3, 0.4) is 0 Å². The number of carbonyl (C=O) groups excluding carboxylic acids is 2. The lowest BCUT2D eigenvalue weighted by Gasteiger charge is -2.07. The molecular formula is C22H19ClN6O2S2. The lowest BCUT2D eigenvalue weighted by molar-refractivity contribution is -0.113. The second-order valence-electron chi connectivity index (χ2n) is 6.86. The number of benzene rings is 2. The van der Waals surface area contributed by atoms with Crippen molar-refractivity contribution in [3.8, 4) is 11.3 Å². The van der Waals surface area contributed by atoms with Gasteiger partial charge in [-0.25, -0.2) is 4.98 Å². The third-order valence-corrected chi connectivity index (χ3v) is 6.71. The van der Waals surface area contributed by atoms with Crippen LogP contribution in [-0.4, -0.2) is 37.3 Å². The molecule has 2 aromatic heterocycles. The fourth-order valence-electron chi connectivity index (χ4n) is 2.88. The maximum Gasteiger partial charge on any atom is 0.253 e. The summed E-state index contributed by atoms with van der Waals surface area (Å²) in [7, 11) is 1.78. The van der Waals surface area contributed by atoms with Crippen molar-refractivity contribution < 1.29 is 9.59 Å². The van der Waals surface area contributed by atoms with Crippen LogP contribution in [0.15, 0.2) is 65.1 Å². The molecule has 0 radical (unpaired) electrons. The fourth-order valence-corrected chi connectivity index (χ4v) is 4.57. The topological polar surface area (TPSA) is 102 Å². The molecule has 168 valence electrons. The summed E-state index contributed by atoms with van der Waals surface area (Å²) in [5, 5.41) is 17.2. The monoisotopic (exact) mass is 498 g/mol. The van der Waals surface area contributed by atoms with E-state index in [0.29, 0.717) is 26.7 Å². The average molecular weight is 499 g/mol. The summed E-state index contributed by atoms with van der Waals surface area (Å²) in [6.45, 7) is 0.182. The van der Waals surface area contributed by atoms with Gasteiger partial charge < -0.3 is 15.2 Å². The molecule has 8 nitrogen and oxygen atoms in total. The van der Waals surface area contributed by atoms with Gasteiger partial charge in [-0.2, -0.15) is 0 Å². The molecule has 0 saturated heterocycles. The molecule has 4 rings (SSSR count). The van der Waals surface area contributed by atoms with E-state index in [9.17, 15) is 9.59 Å². The predicted molar refractivity (Wildman–Crippen MR) is 131 cm³/mol. The minimum Gasteiger partial charge on any atom is -0.345 e. The van der Waals surface area contributed by atoms with Crippen molar-refractivity contribution in [3.05, 3.63) is 76.4 Å². The van der Waals surface area contributed by atoms with Crippen molar-refractivity contribution in [1.29, 1.82) is 0 Å². The maximum absolute atomic E-state index is 12.4. The van der Waals surface area contributed by atoms with E-state index in [-0.39, 0.29) is 24.1 Å². The van der Waals surface area contributed by atoms with Crippen LogP contribution in [0.5, 0.6) is 0 Å². The van der Waals surface area contributed by atoms with Gasteiger partial charge in [0.1, 0.15) is 0 Å². The first-order chi connectivity index (χ1) is 16.0. The van der Waals surface area contributed by atoms with E-state index in [0.717, 1.165) is 11.3 Å². The largest absolute Gasteiger partial charge is 0.345 e. The number of thiazole rings is 1. The van der Waals surface area contributed by atoms with E-state index in [1.807, 2.05) is 35.7 Å². The molecule has 0 unspecified atom stereocenters. The van der Waals surface area contributed by atoms with Crippen molar-refractivity contribution >= 4 is 51.6 Å². The van der Waals surface area contributed by atoms with Crippen LogP contribution in [0.1, 0.15) is 16.2 Å². The van der Waals surface area contributed by atoms with Gasteiger partial charge in [-0.05, 0) is 12.1 Å². The number of nitrogens with one attached hydrogen (secondary N) is 2. The third-order valence-electron chi connectivity index (χ3n) is 4.60. The Morgan fingerprint density at radius 3 is 2.64 bits per heavy atom. The molecule has 0 atom stereocenters.